The standard InChI is InChI=1S/C20H22N4O5S/c1-20(2,3)13-8-10-14(11-9-13)29-12-17(25)21-19(30)23-22-18(26)15-6-4-5-7-16(15)24(27)28/h4-11H,12H2,1-3H3,(H,22,26)(H2,21,23,25,30). The minimum Gasteiger partial charge on any atom is -0.484 e. The zero-order chi connectivity index (χ0) is 22.3. The molecule has 0 radical (unpaired) electrons. The van der Waals surface area contributed by atoms with Crippen LogP contribution in [0.2, 0.25) is 0 Å². The van der Waals surface area contributed by atoms with Crippen LogP contribution < -0.4 is 20.9 Å². The van der Waals surface area contributed by atoms with Crippen molar-refractivity contribution in [1.82, 2.24) is 16.2 Å². The molecule has 2 aromatic carbocycles. The van der Waals surface area contributed by atoms with E-state index in [-0.39, 0.29) is 28.4 Å². The number of amides is 2. The van der Waals surface area contributed by atoms with Crippen LogP contribution in [0.5, 0.6) is 5.75 Å². The SMILES string of the molecule is CC(C)(C)c1ccc(OCC(=O)NC(=S)NNC(=O)c2ccccc2[N+](=O)[O-])cc1. The maximum Gasteiger partial charge on any atom is 0.282 e. The smallest absolute Gasteiger partial charge is 0.282 e. The molecule has 0 aliphatic rings. The molecule has 30 heavy (non-hydrogen) atoms. The Morgan fingerprint density at radius 1 is 1.07 bits per heavy atom. The quantitative estimate of drug-likeness (QED) is 0.378. The summed E-state index contributed by atoms with van der Waals surface area (Å²) in [4.78, 5) is 34.3. The van der Waals surface area contributed by atoms with Crippen LogP contribution in [-0.4, -0.2) is 28.5 Å². The van der Waals surface area contributed by atoms with E-state index in [1.165, 1.54) is 24.3 Å². The molecule has 0 aliphatic heterocycles. The summed E-state index contributed by atoms with van der Waals surface area (Å²) >= 11 is 4.92. The Morgan fingerprint density at radius 3 is 2.30 bits per heavy atom. The van der Waals surface area contributed by atoms with E-state index < -0.39 is 16.7 Å². The van der Waals surface area contributed by atoms with Gasteiger partial charge in [-0.2, -0.15) is 0 Å². The van der Waals surface area contributed by atoms with Gasteiger partial charge in [0, 0.05) is 6.07 Å². The molecule has 2 rings (SSSR count). The van der Waals surface area contributed by atoms with E-state index in [2.05, 4.69) is 36.9 Å². The maximum atomic E-state index is 12.1. The molecule has 10 heteroatoms. The fourth-order valence-electron chi connectivity index (χ4n) is 2.40. The Hall–Kier alpha value is -3.53. The number of benzene rings is 2. The third kappa shape index (κ3) is 6.52. The van der Waals surface area contributed by atoms with E-state index >= 15 is 0 Å². The van der Waals surface area contributed by atoms with Crippen LogP contribution in [0.4, 0.5) is 5.69 Å². The van der Waals surface area contributed by atoms with E-state index in [4.69, 9.17) is 17.0 Å². The Bertz CT molecular complexity index is 954. The van der Waals surface area contributed by atoms with Crippen molar-refractivity contribution in [2.24, 2.45) is 0 Å². The highest BCUT2D eigenvalue weighted by Crippen LogP contribution is 2.24. The first-order chi connectivity index (χ1) is 14.1. The Kier molecular flexibility index (Phi) is 7.43. The van der Waals surface area contributed by atoms with Gasteiger partial charge in [0.2, 0.25) is 0 Å². The monoisotopic (exact) mass is 430 g/mol. The average Bonchev–Trinajstić information content (AvgIpc) is 2.70. The second-order valence-corrected chi connectivity index (χ2v) is 7.70. The fourth-order valence-corrected chi connectivity index (χ4v) is 2.56. The Morgan fingerprint density at radius 2 is 1.70 bits per heavy atom. The number of nitro benzene ring substituents is 1. The van der Waals surface area contributed by atoms with Crippen molar-refractivity contribution in [3.05, 3.63) is 69.8 Å². The summed E-state index contributed by atoms with van der Waals surface area (Å²) in [5.74, 6) is -0.775. The first-order valence-electron chi connectivity index (χ1n) is 8.95. The van der Waals surface area contributed by atoms with Gasteiger partial charge in [0.1, 0.15) is 11.3 Å². The molecule has 2 aromatic rings. The van der Waals surface area contributed by atoms with Gasteiger partial charge in [0.05, 0.1) is 4.92 Å². The lowest BCUT2D eigenvalue weighted by atomic mass is 9.87. The molecule has 0 bridgehead atoms. The van der Waals surface area contributed by atoms with Crippen LogP contribution in [0.3, 0.4) is 0 Å². The Labute approximate surface area is 178 Å². The molecule has 0 heterocycles. The average molecular weight is 430 g/mol. The summed E-state index contributed by atoms with van der Waals surface area (Å²) < 4.78 is 5.41. The molecule has 0 unspecified atom stereocenters. The number of hydrogen-bond donors (Lipinski definition) is 3. The van der Waals surface area contributed by atoms with E-state index in [9.17, 15) is 19.7 Å². The van der Waals surface area contributed by atoms with Gasteiger partial charge in [-0.1, -0.05) is 45.0 Å². The topological polar surface area (TPSA) is 123 Å². The van der Waals surface area contributed by atoms with Gasteiger partial charge in [-0.15, -0.1) is 0 Å². The molecule has 3 N–H and O–H groups in total. The molecule has 0 saturated heterocycles. The third-order valence-electron chi connectivity index (χ3n) is 3.98. The number of ether oxygens (including phenoxy) is 1. The summed E-state index contributed by atoms with van der Waals surface area (Å²) in [7, 11) is 0. The van der Waals surface area contributed by atoms with Gasteiger partial charge in [-0.25, -0.2) is 0 Å². The van der Waals surface area contributed by atoms with Crippen molar-refractivity contribution in [3.8, 4) is 5.75 Å². The normalized spacial score (nSPS) is 10.6. The summed E-state index contributed by atoms with van der Waals surface area (Å²) in [5.41, 5.74) is 5.18. The lowest BCUT2D eigenvalue weighted by Crippen LogP contribution is -2.49. The number of hydrogen-bond acceptors (Lipinski definition) is 6. The van der Waals surface area contributed by atoms with E-state index in [0.717, 1.165) is 5.56 Å². The van der Waals surface area contributed by atoms with E-state index in [1.54, 1.807) is 12.1 Å². The number of carbonyl (C=O) groups excluding carboxylic acids is 2. The number of nitrogens with zero attached hydrogens (tertiary/aromatic N) is 1. The second-order valence-electron chi connectivity index (χ2n) is 7.29. The minimum atomic E-state index is -0.769. The van der Waals surface area contributed by atoms with Crippen molar-refractivity contribution in [3.63, 3.8) is 0 Å². The first-order valence-corrected chi connectivity index (χ1v) is 9.35. The summed E-state index contributed by atoms with van der Waals surface area (Å²) in [6.45, 7) is 6.01. The highest BCUT2D eigenvalue weighted by molar-refractivity contribution is 7.80. The van der Waals surface area contributed by atoms with Crippen LogP contribution >= 0.6 is 12.2 Å². The molecule has 0 aliphatic carbocycles. The van der Waals surface area contributed by atoms with Crippen LogP contribution in [0.25, 0.3) is 0 Å². The predicted molar refractivity (Wildman–Crippen MR) is 115 cm³/mol. The predicted octanol–water partition coefficient (Wildman–Crippen LogP) is 2.61. The molecule has 2 amide bonds. The summed E-state index contributed by atoms with van der Waals surface area (Å²) in [5, 5.41) is 13.1. The third-order valence-corrected chi connectivity index (χ3v) is 4.18. The molecule has 9 nitrogen and oxygen atoms in total. The molecular weight excluding hydrogens is 408 g/mol. The van der Waals surface area contributed by atoms with Crippen LogP contribution in [0.15, 0.2) is 48.5 Å². The highest BCUT2D eigenvalue weighted by Gasteiger charge is 2.19. The number of carbonyl (C=O) groups is 2. The summed E-state index contributed by atoms with van der Waals surface area (Å²) in [6.07, 6.45) is 0. The van der Waals surface area contributed by atoms with E-state index in [1.807, 2.05) is 12.1 Å². The minimum absolute atomic E-state index is 0.0123. The number of hydrazine groups is 1. The van der Waals surface area contributed by atoms with Gasteiger partial charge in [-0.05, 0) is 41.4 Å². The van der Waals surface area contributed by atoms with Crippen molar-refractivity contribution in [2.75, 3.05) is 6.61 Å². The van der Waals surface area contributed by atoms with Gasteiger partial charge < -0.3 is 4.74 Å². The highest BCUT2D eigenvalue weighted by atomic mass is 32.1. The molecular formula is C20H22N4O5S. The van der Waals surface area contributed by atoms with Gasteiger partial charge in [0.15, 0.2) is 11.7 Å². The number of nitrogens with one attached hydrogen (secondary N) is 3. The lowest BCUT2D eigenvalue weighted by Gasteiger charge is -2.19. The number of rotatable bonds is 5. The van der Waals surface area contributed by atoms with Gasteiger partial charge >= 0.3 is 0 Å². The van der Waals surface area contributed by atoms with Crippen molar-refractivity contribution in [1.29, 1.82) is 0 Å². The van der Waals surface area contributed by atoms with Crippen LogP contribution in [0, 0.1) is 10.1 Å². The number of thiocarbonyl (C=S) groups is 1. The molecule has 158 valence electrons. The summed E-state index contributed by atoms with van der Waals surface area (Å²) in [6, 6.07) is 12.9. The number of para-hydroxylation sites is 1. The largest absolute Gasteiger partial charge is 0.484 e. The lowest BCUT2D eigenvalue weighted by molar-refractivity contribution is -0.385. The van der Waals surface area contributed by atoms with Gasteiger partial charge in [0.25, 0.3) is 17.5 Å². The molecule has 0 atom stereocenters. The van der Waals surface area contributed by atoms with Crippen LogP contribution in [-0.2, 0) is 10.2 Å². The molecule has 0 spiro atoms. The zero-order valence-corrected chi connectivity index (χ0v) is 17.5. The maximum absolute atomic E-state index is 12.1. The van der Waals surface area contributed by atoms with Crippen molar-refractivity contribution < 1.29 is 19.2 Å². The van der Waals surface area contributed by atoms with Gasteiger partial charge in [-0.3, -0.25) is 35.9 Å². The zero-order valence-electron chi connectivity index (χ0n) is 16.7. The Balaban J connectivity index is 1.80. The molecule has 0 saturated carbocycles. The molecule has 0 aromatic heterocycles. The van der Waals surface area contributed by atoms with Crippen molar-refractivity contribution >= 4 is 34.8 Å². The molecule has 0 fully saturated rings. The number of nitro groups is 1. The second kappa shape index (κ2) is 9.79. The first kappa shape index (κ1) is 22.8. The van der Waals surface area contributed by atoms with E-state index in [0.29, 0.717) is 5.75 Å². The fraction of sp³-hybridized carbons (Fsp3) is 0.250. The van der Waals surface area contributed by atoms with Crippen LogP contribution in [0.1, 0.15) is 36.7 Å². The van der Waals surface area contributed by atoms with Crippen molar-refractivity contribution in [2.45, 2.75) is 26.2 Å².